The predicted octanol–water partition coefficient (Wildman–Crippen LogP) is 2.70. The van der Waals surface area contributed by atoms with Crippen molar-refractivity contribution in [2.75, 3.05) is 6.54 Å². The van der Waals surface area contributed by atoms with Crippen molar-refractivity contribution in [2.45, 2.75) is 39.8 Å². The largest absolute Gasteiger partial charge is 0.337 e. The van der Waals surface area contributed by atoms with Crippen LogP contribution in [0, 0.1) is 13.8 Å². The lowest BCUT2D eigenvalue weighted by Crippen LogP contribution is -2.21. The van der Waals surface area contributed by atoms with E-state index in [1.807, 2.05) is 18.7 Å². The van der Waals surface area contributed by atoms with Crippen LogP contribution in [0.5, 0.6) is 0 Å². The smallest absolute Gasteiger partial charge is 0.0945 e. The van der Waals surface area contributed by atoms with Gasteiger partial charge in [-0.2, -0.15) is 0 Å². The minimum atomic E-state index is 0.331. The Hall–Kier alpha value is -1.20. The minimum Gasteiger partial charge on any atom is -0.337 e. The molecule has 4 nitrogen and oxygen atoms in total. The van der Waals surface area contributed by atoms with Gasteiger partial charge in [-0.3, -0.25) is 0 Å². The summed E-state index contributed by atoms with van der Waals surface area (Å²) >= 11 is 1.77. The number of thiazole rings is 1. The van der Waals surface area contributed by atoms with E-state index in [9.17, 15) is 0 Å². The SMILES string of the molecule is Cc1nc(C(C)NCCCn2ccnc2)c(C)s1. The standard InChI is InChI=1S/C13H20N4S/c1-10(13-11(2)18-12(3)16-13)15-5-4-7-17-8-6-14-9-17/h6,8-10,15H,4-5,7H2,1-3H3. The number of aromatic nitrogens is 3. The van der Waals surface area contributed by atoms with Crippen LogP contribution in [0.4, 0.5) is 0 Å². The molecule has 1 atom stereocenters. The van der Waals surface area contributed by atoms with E-state index >= 15 is 0 Å². The second-order valence-corrected chi connectivity index (χ2v) is 5.91. The average molecular weight is 264 g/mol. The molecule has 0 amide bonds. The zero-order valence-electron chi connectivity index (χ0n) is 11.2. The first kappa shape index (κ1) is 13.2. The molecule has 1 unspecified atom stereocenters. The molecule has 2 heterocycles. The van der Waals surface area contributed by atoms with Gasteiger partial charge in [-0.15, -0.1) is 11.3 Å². The van der Waals surface area contributed by atoms with Crippen LogP contribution in [-0.4, -0.2) is 21.1 Å². The van der Waals surface area contributed by atoms with Gasteiger partial charge in [-0.1, -0.05) is 0 Å². The van der Waals surface area contributed by atoms with E-state index in [1.54, 1.807) is 11.3 Å². The summed E-state index contributed by atoms with van der Waals surface area (Å²) in [6, 6.07) is 0.331. The maximum absolute atomic E-state index is 4.58. The van der Waals surface area contributed by atoms with Gasteiger partial charge in [0.2, 0.25) is 0 Å². The zero-order chi connectivity index (χ0) is 13.0. The third-order valence-corrected chi connectivity index (χ3v) is 3.85. The summed E-state index contributed by atoms with van der Waals surface area (Å²) in [5.41, 5.74) is 1.19. The Labute approximate surface area is 112 Å². The minimum absolute atomic E-state index is 0.331. The van der Waals surface area contributed by atoms with Crippen LogP contribution in [0.15, 0.2) is 18.7 Å². The Bertz CT molecular complexity index is 475. The molecule has 0 bridgehead atoms. The van der Waals surface area contributed by atoms with Crippen LogP contribution < -0.4 is 5.32 Å². The Morgan fingerprint density at radius 3 is 2.89 bits per heavy atom. The highest BCUT2D eigenvalue weighted by Crippen LogP contribution is 2.22. The first-order valence-corrected chi connectivity index (χ1v) is 7.11. The lowest BCUT2D eigenvalue weighted by molar-refractivity contribution is 0.519. The molecule has 98 valence electrons. The van der Waals surface area contributed by atoms with Gasteiger partial charge < -0.3 is 9.88 Å². The number of hydrogen-bond donors (Lipinski definition) is 1. The highest BCUT2D eigenvalue weighted by atomic mass is 32.1. The van der Waals surface area contributed by atoms with Gasteiger partial charge in [0.05, 0.1) is 17.0 Å². The van der Waals surface area contributed by atoms with Gasteiger partial charge in [0.1, 0.15) is 0 Å². The lowest BCUT2D eigenvalue weighted by atomic mass is 10.2. The Balaban J connectivity index is 1.75. The monoisotopic (exact) mass is 264 g/mol. The summed E-state index contributed by atoms with van der Waals surface area (Å²) in [6.45, 7) is 8.39. The van der Waals surface area contributed by atoms with Crippen LogP contribution in [0.3, 0.4) is 0 Å². The number of hydrogen-bond acceptors (Lipinski definition) is 4. The highest BCUT2D eigenvalue weighted by Gasteiger charge is 2.11. The average Bonchev–Trinajstić information content (AvgIpc) is 2.94. The Kier molecular flexibility index (Phi) is 4.49. The molecule has 1 N–H and O–H groups in total. The number of aryl methyl sites for hydroxylation is 3. The van der Waals surface area contributed by atoms with Crippen molar-refractivity contribution in [3.05, 3.63) is 34.3 Å². The summed E-state index contributed by atoms with van der Waals surface area (Å²) in [4.78, 5) is 9.93. The molecule has 0 aliphatic heterocycles. The highest BCUT2D eigenvalue weighted by molar-refractivity contribution is 7.11. The van der Waals surface area contributed by atoms with Crippen molar-refractivity contribution in [3.63, 3.8) is 0 Å². The van der Waals surface area contributed by atoms with Gasteiger partial charge >= 0.3 is 0 Å². The maximum Gasteiger partial charge on any atom is 0.0945 e. The van der Waals surface area contributed by atoms with E-state index in [2.05, 4.69) is 40.6 Å². The van der Waals surface area contributed by atoms with E-state index in [0.29, 0.717) is 6.04 Å². The van der Waals surface area contributed by atoms with Crippen molar-refractivity contribution >= 4 is 11.3 Å². The summed E-state index contributed by atoms with van der Waals surface area (Å²) in [5, 5.41) is 4.67. The number of imidazole rings is 1. The van der Waals surface area contributed by atoms with Crippen molar-refractivity contribution in [1.82, 2.24) is 19.9 Å². The molecular weight excluding hydrogens is 244 g/mol. The molecule has 0 saturated carbocycles. The maximum atomic E-state index is 4.58. The van der Waals surface area contributed by atoms with E-state index in [-0.39, 0.29) is 0 Å². The predicted molar refractivity (Wildman–Crippen MR) is 74.8 cm³/mol. The first-order chi connectivity index (χ1) is 8.66. The van der Waals surface area contributed by atoms with Crippen LogP contribution in [0.2, 0.25) is 0 Å². The van der Waals surface area contributed by atoms with Gasteiger partial charge in [-0.05, 0) is 33.7 Å². The normalized spacial score (nSPS) is 12.8. The fourth-order valence-corrected chi connectivity index (χ4v) is 2.96. The molecule has 0 aromatic carbocycles. The van der Waals surface area contributed by atoms with E-state index < -0.39 is 0 Å². The lowest BCUT2D eigenvalue weighted by Gasteiger charge is -2.12. The molecule has 18 heavy (non-hydrogen) atoms. The molecule has 0 radical (unpaired) electrons. The van der Waals surface area contributed by atoms with Gasteiger partial charge in [0, 0.05) is 29.9 Å². The molecule has 2 rings (SSSR count). The van der Waals surface area contributed by atoms with Crippen LogP contribution >= 0.6 is 11.3 Å². The van der Waals surface area contributed by atoms with Crippen LogP contribution in [0.25, 0.3) is 0 Å². The first-order valence-electron chi connectivity index (χ1n) is 6.30. The second-order valence-electron chi connectivity index (χ2n) is 4.50. The van der Waals surface area contributed by atoms with Crippen molar-refractivity contribution in [3.8, 4) is 0 Å². The van der Waals surface area contributed by atoms with Gasteiger partial charge in [0.25, 0.3) is 0 Å². The molecule has 0 aliphatic carbocycles. The second kappa shape index (κ2) is 6.11. The Morgan fingerprint density at radius 2 is 2.28 bits per heavy atom. The fraction of sp³-hybridized carbons (Fsp3) is 0.538. The molecular formula is C13H20N4S. The third-order valence-electron chi connectivity index (χ3n) is 2.95. The van der Waals surface area contributed by atoms with Gasteiger partial charge in [-0.25, -0.2) is 9.97 Å². The molecule has 0 saturated heterocycles. The number of nitrogens with zero attached hydrogens (tertiary/aromatic N) is 3. The Morgan fingerprint density at radius 1 is 1.44 bits per heavy atom. The molecule has 0 fully saturated rings. The van der Waals surface area contributed by atoms with E-state index in [0.717, 1.165) is 24.5 Å². The third kappa shape index (κ3) is 3.40. The van der Waals surface area contributed by atoms with Crippen LogP contribution in [-0.2, 0) is 6.54 Å². The van der Waals surface area contributed by atoms with Crippen LogP contribution in [0.1, 0.15) is 35.0 Å². The fourth-order valence-electron chi connectivity index (χ4n) is 2.04. The number of nitrogens with one attached hydrogen (secondary N) is 1. The summed E-state index contributed by atoms with van der Waals surface area (Å²) in [6.07, 6.45) is 6.77. The van der Waals surface area contributed by atoms with Gasteiger partial charge in [0.15, 0.2) is 0 Å². The molecule has 0 spiro atoms. The summed E-state index contributed by atoms with van der Waals surface area (Å²) < 4.78 is 2.10. The molecule has 0 aliphatic rings. The summed E-state index contributed by atoms with van der Waals surface area (Å²) in [7, 11) is 0. The topological polar surface area (TPSA) is 42.7 Å². The van der Waals surface area contributed by atoms with E-state index in [1.165, 1.54) is 10.6 Å². The molecule has 5 heteroatoms. The zero-order valence-corrected chi connectivity index (χ0v) is 12.0. The van der Waals surface area contributed by atoms with Crippen molar-refractivity contribution < 1.29 is 0 Å². The molecule has 2 aromatic heterocycles. The molecule has 2 aromatic rings. The quantitative estimate of drug-likeness (QED) is 0.816. The van der Waals surface area contributed by atoms with E-state index in [4.69, 9.17) is 0 Å². The van der Waals surface area contributed by atoms with Crippen molar-refractivity contribution in [2.24, 2.45) is 0 Å². The summed E-state index contributed by atoms with van der Waals surface area (Å²) in [5.74, 6) is 0. The van der Waals surface area contributed by atoms with Crippen molar-refractivity contribution in [1.29, 1.82) is 0 Å². The number of rotatable bonds is 6.